The number of benzene rings is 2. The van der Waals surface area contributed by atoms with E-state index in [1.807, 2.05) is 6.07 Å². The van der Waals surface area contributed by atoms with Crippen LogP contribution in [-0.4, -0.2) is 16.8 Å². The van der Waals surface area contributed by atoms with Crippen LogP contribution in [0.2, 0.25) is 0 Å². The lowest BCUT2D eigenvalue weighted by atomic mass is 10.0. The molecule has 4 rings (SSSR count). The summed E-state index contributed by atoms with van der Waals surface area (Å²) in [7, 11) is 0. The number of nitrogens with zero attached hydrogens (tertiary/aromatic N) is 1. The van der Waals surface area contributed by atoms with Gasteiger partial charge >= 0.3 is 0 Å². The first-order chi connectivity index (χ1) is 13.2. The first-order valence-electron chi connectivity index (χ1n) is 8.22. The minimum Gasteiger partial charge on any atom is -0.461 e. The van der Waals surface area contributed by atoms with Gasteiger partial charge in [-0.1, -0.05) is 47.6 Å². The summed E-state index contributed by atoms with van der Waals surface area (Å²) in [6.07, 6.45) is 1.51. The zero-order chi connectivity index (χ0) is 18.6. The summed E-state index contributed by atoms with van der Waals surface area (Å²) in [5, 5.41) is 6.48. The second-order valence-corrected chi connectivity index (χ2v) is 5.78. The van der Waals surface area contributed by atoms with Crippen LogP contribution in [0.15, 0.2) is 88.0 Å². The fourth-order valence-electron chi connectivity index (χ4n) is 2.61. The summed E-state index contributed by atoms with van der Waals surface area (Å²) in [4.78, 5) is 24.9. The van der Waals surface area contributed by atoms with Crippen LogP contribution in [0.4, 0.5) is 5.69 Å². The van der Waals surface area contributed by atoms with E-state index < -0.39 is 5.91 Å². The Bertz CT molecular complexity index is 1080. The molecule has 1 N–H and O–H groups in total. The van der Waals surface area contributed by atoms with Gasteiger partial charge in [-0.05, 0) is 24.3 Å². The van der Waals surface area contributed by atoms with Gasteiger partial charge in [-0.15, -0.1) is 0 Å². The maximum Gasteiger partial charge on any atom is 0.277 e. The lowest BCUT2D eigenvalue weighted by Gasteiger charge is -2.06. The molecule has 6 nitrogen and oxygen atoms in total. The molecule has 2 aromatic heterocycles. The number of hydrogen-bond donors (Lipinski definition) is 1. The van der Waals surface area contributed by atoms with Crippen molar-refractivity contribution in [1.82, 2.24) is 5.16 Å². The molecule has 0 saturated carbocycles. The Balaban J connectivity index is 1.51. The summed E-state index contributed by atoms with van der Waals surface area (Å²) in [5.74, 6) is 0.282. The summed E-state index contributed by atoms with van der Waals surface area (Å²) in [6, 6.07) is 20.6. The quantitative estimate of drug-likeness (QED) is 0.534. The molecule has 0 aliphatic heterocycles. The van der Waals surface area contributed by atoms with Gasteiger partial charge in [-0.2, -0.15) is 0 Å². The van der Waals surface area contributed by atoms with Crippen LogP contribution in [0.25, 0.3) is 11.5 Å². The SMILES string of the molecule is O=C(c1ccccc1)c1cccc(NC(=O)c2cc(-c3ccco3)on2)c1. The molecule has 0 spiro atoms. The maximum absolute atomic E-state index is 12.5. The number of carbonyl (C=O) groups is 2. The first-order valence-corrected chi connectivity index (χ1v) is 8.22. The first kappa shape index (κ1) is 16.5. The molecule has 0 unspecified atom stereocenters. The normalized spacial score (nSPS) is 10.5. The van der Waals surface area contributed by atoms with Crippen LogP contribution in [0.5, 0.6) is 0 Å². The number of nitrogens with one attached hydrogen (secondary N) is 1. The summed E-state index contributed by atoms with van der Waals surface area (Å²) < 4.78 is 10.3. The van der Waals surface area contributed by atoms with Crippen LogP contribution in [-0.2, 0) is 0 Å². The van der Waals surface area contributed by atoms with Gasteiger partial charge in [0.1, 0.15) is 0 Å². The molecule has 0 aliphatic carbocycles. The molecule has 6 heteroatoms. The number of ketones is 1. The van der Waals surface area contributed by atoms with Crippen molar-refractivity contribution in [2.24, 2.45) is 0 Å². The second-order valence-electron chi connectivity index (χ2n) is 5.78. The van der Waals surface area contributed by atoms with E-state index in [1.165, 1.54) is 12.3 Å². The van der Waals surface area contributed by atoms with Gasteiger partial charge in [0.05, 0.1) is 6.26 Å². The van der Waals surface area contributed by atoms with E-state index in [-0.39, 0.29) is 11.5 Å². The van der Waals surface area contributed by atoms with Gasteiger partial charge in [0, 0.05) is 22.9 Å². The molecular formula is C21H14N2O4. The molecule has 132 valence electrons. The van der Waals surface area contributed by atoms with E-state index in [0.717, 1.165) is 0 Å². The van der Waals surface area contributed by atoms with Crippen molar-refractivity contribution in [2.45, 2.75) is 0 Å². The highest BCUT2D eigenvalue weighted by molar-refractivity contribution is 6.10. The van der Waals surface area contributed by atoms with Crippen LogP contribution in [0.1, 0.15) is 26.4 Å². The molecule has 0 bridgehead atoms. The Morgan fingerprint density at radius 2 is 1.63 bits per heavy atom. The molecule has 0 aliphatic rings. The number of furan rings is 1. The second kappa shape index (κ2) is 7.13. The molecule has 27 heavy (non-hydrogen) atoms. The Hall–Kier alpha value is -3.93. The topological polar surface area (TPSA) is 85.3 Å². The van der Waals surface area contributed by atoms with Gasteiger partial charge in [0.15, 0.2) is 17.2 Å². The van der Waals surface area contributed by atoms with Crippen LogP contribution < -0.4 is 5.32 Å². The predicted molar refractivity (Wildman–Crippen MR) is 98.5 cm³/mol. The molecule has 0 atom stereocenters. The summed E-state index contributed by atoms with van der Waals surface area (Å²) in [5.41, 5.74) is 1.67. The molecule has 0 fully saturated rings. The van der Waals surface area contributed by atoms with E-state index in [0.29, 0.717) is 28.3 Å². The highest BCUT2D eigenvalue weighted by Crippen LogP contribution is 2.21. The number of amides is 1. The molecule has 2 heterocycles. The van der Waals surface area contributed by atoms with E-state index in [4.69, 9.17) is 8.94 Å². The number of hydrogen-bond acceptors (Lipinski definition) is 5. The molecule has 2 aromatic carbocycles. The highest BCUT2D eigenvalue weighted by Gasteiger charge is 2.16. The van der Waals surface area contributed by atoms with Crippen LogP contribution in [0.3, 0.4) is 0 Å². The standard InChI is InChI=1S/C21H14N2O4/c24-20(14-6-2-1-3-7-14)15-8-4-9-16(12-15)22-21(25)17-13-19(27-23-17)18-10-5-11-26-18/h1-13H,(H,22,25). The fraction of sp³-hybridized carbons (Fsp3) is 0. The average molecular weight is 358 g/mol. The fourth-order valence-corrected chi connectivity index (χ4v) is 2.61. The van der Waals surface area contributed by atoms with Gasteiger partial charge < -0.3 is 14.3 Å². The van der Waals surface area contributed by atoms with Crippen molar-refractivity contribution in [2.75, 3.05) is 5.32 Å². The van der Waals surface area contributed by atoms with Gasteiger partial charge in [0.2, 0.25) is 5.76 Å². The van der Waals surface area contributed by atoms with Crippen LogP contribution >= 0.6 is 0 Å². The average Bonchev–Trinajstić information content (AvgIpc) is 3.40. The van der Waals surface area contributed by atoms with Crippen molar-refractivity contribution >= 4 is 17.4 Å². The highest BCUT2D eigenvalue weighted by atomic mass is 16.5. The maximum atomic E-state index is 12.5. The van der Waals surface area contributed by atoms with Crippen molar-refractivity contribution in [3.8, 4) is 11.5 Å². The van der Waals surface area contributed by atoms with E-state index in [9.17, 15) is 9.59 Å². The largest absolute Gasteiger partial charge is 0.461 e. The number of aromatic nitrogens is 1. The Morgan fingerprint density at radius 1 is 0.815 bits per heavy atom. The Morgan fingerprint density at radius 3 is 2.41 bits per heavy atom. The molecule has 4 aromatic rings. The zero-order valence-corrected chi connectivity index (χ0v) is 14.1. The van der Waals surface area contributed by atoms with Gasteiger partial charge in [-0.3, -0.25) is 9.59 Å². The Kier molecular flexibility index (Phi) is 4.37. The minimum absolute atomic E-state index is 0.112. The monoisotopic (exact) mass is 358 g/mol. The van der Waals surface area contributed by atoms with Crippen LogP contribution in [0, 0.1) is 0 Å². The third-order valence-corrected chi connectivity index (χ3v) is 3.93. The lowest BCUT2D eigenvalue weighted by Crippen LogP contribution is -2.12. The lowest BCUT2D eigenvalue weighted by molar-refractivity contribution is 0.101. The van der Waals surface area contributed by atoms with Crippen molar-refractivity contribution in [3.63, 3.8) is 0 Å². The molecule has 0 saturated heterocycles. The minimum atomic E-state index is -0.444. The van der Waals surface area contributed by atoms with E-state index in [1.54, 1.807) is 60.7 Å². The summed E-state index contributed by atoms with van der Waals surface area (Å²) >= 11 is 0. The van der Waals surface area contributed by atoms with E-state index >= 15 is 0 Å². The third kappa shape index (κ3) is 3.55. The Labute approximate surface area is 154 Å². The predicted octanol–water partition coefficient (Wildman–Crippen LogP) is 4.42. The third-order valence-electron chi connectivity index (χ3n) is 3.93. The number of carbonyl (C=O) groups excluding carboxylic acids is 2. The van der Waals surface area contributed by atoms with Gasteiger partial charge in [-0.25, -0.2) is 0 Å². The van der Waals surface area contributed by atoms with Crippen molar-refractivity contribution < 1.29 is 18.5 Å². The van der Waals surface area contributed by atoms with Gasteiger partial charge in [0.25, 0.3) is 5.91 Å². The number of anilines is 1. The smallest absolute Gasteiger partial charge is 0.277 e. The molecule has 0 radical (unpaired) electrons. The molecule has 1 amide bonds. The van der Waals surface area contributed by atoms with E-state index in [2.05, 4.69) is 10.5 Å². The van der Waals surface area contributed by atoms with Crippen molar-refractivity contribution in [3.05, 3.63) is 95.9 Å². The molecular weight excluding hydrogens is 344 g/mol. The summed E-state index contributed by atoms with van der Waals surface area (Å²) in [6.45, 7) is 0. The zero-order valence-electron chi connectivity index (χ0n) is 14.1. The number of rotatable bonds is 5. The van der Waals surface area contributed by atoms with Crippen molar-refractivity contribution in [1.29, 1.82) is 0 Å².